The Morgan fingerprint density at radius 2 is 1.49 bits per heavy atom. The average molecular weight is 659 g/mol. The first-order valence-electron chi connectivity index (χ1n) is 12.7. The molecule has 0 bridgehead atoms. The van der Waals surface area contributed by atoms with Gasteiger partial charge in [0.15, 0.2) is 0 Å². The Bertz CT molecular complexity index is 1490. The van der Waals surface area contributed by atoms with Crippen LogP contribution < -0.4 is 9.62 Å². The molecule has 220 valence electrons. The van der Waals surface area contributed by atoms with Crippen molar-refractivity contribution in [2.24, 2.45) is 0 Å². The van der Waals surface area contributed by atoms with Crippen LogP contribution in [-0.4, -0.2) is 43.3 Å². The lowest BCUT2D eigenvalue weighted by molar-refractivity contribution is -0.141. The van der Waals surface area contributed by atoms with Gasteiger partial charge in [0.25, 0.3) is 10.0 Å². The van der Waals surface area contributed by atoms with Crippen LogP contribution in [0.15, 0.2) is 71.6 Å². The molecule has 1 N–H and O–H groups in total. The largest absolute Gasteiger partial charge is 0.350 e. The summed E-state index contributed by atoms with van der Waals surface area (Å²) in [6.07, 6.45) is 0.235. The predicted molar refractivity (Wildman–Crippen MR) is 166 cm³/mol. The molecule has 0 aromatic heterocycles. The van der Waals surface area contributed by atoms with E-state index in [4.69, 9.17) is 46.4 Å². The maximum absolute atomic E-state index is 14.2. The summed E-state index contributed by atoms with van der Waals surface area (Å²) in [6.45, 7) is 6.40. The van der Waals surface area contributed by atoms with Gasteiger partial charge in [0.2, 0.25) is 11.8 Å². The number of carbonyl (C=O) groups excluding carboxylic acids is 2. The van der Waals surface area contributed by atoms with Crippen molar-refractivity contribution >= 4 is 73.9 Å². The highest BCUT2D eigenvalue weighted by atomic mass is 35.5. The van der Waals surface area contributed by atoms with Crippen LogP contribution in [0.3, 0.4) is 0 Å². The Morgan fingerprint density at radius 3 is 2.05 bits per heavy atom. The molecule has 0 saturated carbocycles. The van der Waals surface area contributed by atoms with Crippen molar-refractivity contribution in [3.05, 3.63) is 92.4 Å². The van der Waals surface area contributed by atoms with Gasteiger partial charge in [-0.05, 0) is 69.7 Å². The molecular weight excluding hydrogens is 628 g/mol. The fourth-order valence-electron chi connectivity index (χ4n) is 4.14. The van der Waals surface area contributed by atoms with Crippen LogP contribution in [0.2, 0.25) is 20.1 Å². The van der Waals surface area contributed by atoms with Gasteiger partial charge >= 0.3 is 0 Å². The summed E-state index contributed by atoms with van der Waals surface area (Å²) in [6, 6.07) is 15.9. The Labute approximate surface area is 261 Å². The molecule has 1 unspecified atom stereocenters. The summed E-state index contributed by atoms with van der Waals surface area (Å²) in [5.41, 5.74) is -0.151. The number of hydrogen-bond donors (Lipinski definition) is 1. The minimum atomic E-state index is -4.30. The number of nitrogens with zero attached hydrogens (tertiary/aromatic N) is 2. The molecule has 0 radical (unpaired) electrons. The number of benzene rings is 3. The molecule has 3 rings (SSSR count). The van der Waals surface area contributed by atoms with Gasteiger partial charge in [0, 0.05) is 32.7 Å². The lowest BCUT2D eigenvalue weighted by atomic mass is 10.1. The van der Waals surface area contributed by atoms with E-state index in [2.05, 4.69) is 5.32 Å². The maximum atomic E-state index is 14.2. The molecule has 12 heteroatoms. The first kappa shape index (κ1) is 33.0. The van der Waals surface area contributed by atoms with Crippen LogP contribution in [0.25, 0.3) is 0 Å². The Kier molecular flexibility index (Phi) is 11.0. The van der Waals surface area contributed by atoms with E-state index in [0.29, 0.717) is 15.6 Å². The van der Waals surface area contributed by atoms with Gasteiger partial charge in [-0.25, -0.2) is 8.42 Å². The van der Waals surface area contributed by atoms with Crippen molar-refractivity contribution in [1.29, 1.82) is 0 Å². The summed E-state index contributed by atoms with van der Waals surface area (Å²) in [5.74, 6) is -1.08. The van der Waals surface area contributed by atoms with E-state index in [9.17, 15) is 18.0 Å². The lowest BCUT2D eigenvalue weighted by Crippen LogP contribution is -2.55. The van der Waals surface area contributed by atoms with Crippen molar-refractivity contribution in [2.75, 3.05) is 10.8 Å². The second kappa shape index (κ2) is 13.7. The predicted octanol–water partition coefficient (Wildman–Crippen LogP) is 7.22. The highest BCUT2D eigenvalue weighted by Gasteiger charge is 2.35. The second-order valence-electron chi connectivity index (χ2n) is 10.3. The average Bonchev–Trinajstić information content (AvgIpc) is 2.89. The standard InChI is InChI=1S/C29H31Cl4N3O4S/c1-5-25(28(38)34-29(2,3)4)35(17-21-22(31)12-9-13-23(21)32)27(37)18-36(26-16-19(30)14-15-24(26)33)41(39,40)20-10-7-6-8-11-20/h6-16,25H,5,17-18H2,1-4H3,(H,34,38). The molecule has 2 amide bonds. The van der Waals surface area contributed by atoms with Gasteiger partial charge in [-0.1, -0.05) is 77.6 Å². The maximum Gasteiger partial charge on any atom is 0.264 e. The highest BCUT2D eigenvalue weighted by molar-refractivity contribution is 7.92. The quantitative estimate of drug-likeness (QED) is 0.249. The summed E-state index contributed by atoms with van der Waals surface area (Å²) < 4.78 is 28.7. The molecule has 0 aliphatic rings. The number of amides is 2. The van der Waals surface area contributed by atoms with Crippen molar-refractivity contribution in [3.8, 4) is 0 Å². The van der Waals surface area contributed by atoms with Gasteiger partial charge in [0.05, 0.1) is 15.6 Å². The van der Waals surface area contributed by atoms with Crippen LogP contribution in [0, 0.1) is 0 Å². The first-order chi connectivity index (χ1) is 19.2. The fourth-order valence-corrected chi connectivity index (χ4v) is 6.54. The summed E-state index contributed by atoms with van der Waals surface area (Å²) >= 11 is 25.5. The Hall–Kier alpha value is -2.49. The van der Waals surface area contributed by atoms with Crippen LogP contribution in [0.4, 0.5) is 5.69 Å². The molecule has 1 atom stereocenters. The highest BCUT2D eigenvalue weighted by Crippen LogP contribution is 2.34. The van der Waals surface area contributed by atoms with Crippen molar-refractivity contribution < 1.29 is 18.0 Å². The van der Waals surface area contributed by atoms with E-state index >= 15 is 0 Å². The number of rotatable bonds is 10. The van der Waals surface area contributed by atoms with Crippen LogP contribution >= 0.6 is 46.4 Å². The SMILES string of the molecule is CCC(C(=O)NC(C)(C)C)N(Cc1c(Cl)cccc1Cl)C(=O)CN(c1cc(Cl)ccc1Cl)S(=O)(=O)c1ccccc1. The molecule has 0 aliphatic carbocycles. The lowest BCUT2D eigenvalue weighted by Gasteiger charge is -2.35. The second-order valence-corrected chi connectivity index (χ2v) is 13.8. The molecular formula is C29H31Cl4N3O4S. The van der Waals surface area contributed by atoms with Gasteiger partial charge in [-0.2, -0.15) is 0 Å². The fraction of sp³-hybridized carbons (Fsp3) is 0.310. The van der Waals surface area contributed by atoms with E-state index in [1.807, 2.05) is 20.8 Å². The van der Waals surface area contributed by atoms with Crippen LogP contribution in [-0.2, 0) is 26.2 Å². The molecule has 7 nitrogen and oxygen atoms in total. The van der Waals surface area contributed by atoms with Gasteiger partial charge < -0.3 is 10.2 Å². The number of anilines is 1. The zero-order valence-electron chi connectivity index (χ0n) is 23.0. The molecule has 3 aromatic carbocycles. The van der Waals surface area contributed by atoms with Gasteiger partial charge in [-0.15, -0.1) is 0 Å². The Balaban J connectivity index is 2.15. The Morgan fingerprint density at radius 1 is 0.878 bits per heavy atom. The number of halogens is 4. The normalized spacial score (nSPS) is 12.5. The number of sulfonamides is 1. The van der Waals surface area contributed by atoms with E-state index in [1.54, 1.807) is 43.3 Å². The zero-order valence-corrected chi connectivity index (χ0v) is 26.8. The van der Waals surface area contributed by atoms with Crippen molar-refractivity contribution in [2.45, 2.75) is 57.1 Å². The van der Waals surface area contributed by atoms with E-state index < -0.39 is 40.0 Å². The monoisotopic (exact) mass is 657 g/mol. The van der Waals surface area contributed by atoms with Crippen molar-refractivity contribution in [1.82, 2.24) is 10.2 Å². The van der Waals surface area contributed by atoms with E-state index in [-0.39, 0.29) is 33.6 Å². The smallest absolute Gasteiger partial charge is 0.264 e. The van der Waals surface area contributed by atoms with E-state index in [0.717, 1.165) is 4.31 Å². The molecule has 0 fully saturated rings. The topological polar surface area (TPSA) is 86.8 Å². The number of carbonyl (C=O) groups is 2. The third kappa shape index (κ3) is 8.30. The first-order valence-corrected chi connectivity index (χ1v) is 15.7. The zero-order chi connectivity index (χ0) is 30.5. The van der Waals surface area contributed by atoms with E-state index in [1.165, 1.54) is 35.2 Å². The summed E-state index contributed by atoms with van der Waals surface area (Å²) in [4.78, 5) is 28.8. The molecule has 41 heavy (non-hydrogen) atoms. The van der Waals surface area contributed by atoms with Crippen LogP contribution in [0.1, 0.15) is 39.7 Å². The summed E-state index contributed by atoms with van der Waals surface area (Å²) in [5, 5.41) is 3.80. The summed E-state index contributed by atoms with van der Waals surface area (Å²) in [7, 11) is -4.30. The molecule has 0 saturated heterocycles. The van der Waals surface area contributed by atoms with Crippen LogP contribution in [0.5, 0.6) is 0 Å². The van der Waals surface area contributed by atoms with Crippen molar-refractivity contribution in [3.63, 3.8) is 0 Å². The number of nitrogens with one attached hydrogen (secondary N) is 1. The minimum Gasteiger partial charge on any atom is -0.350 e. The molecule has 0 heterocycles. The van der Waals surface area contributed by atoms with Gasteiger partial charge in [0.1, 0.15) is 12.6 Å². The third-order valence-corrected chi connectivity index (χ3v) is 9.10. The number of hydrogen-bond acceptors (Lipinski definition) is 4. The molecule has 0 aliphatic heterocycles. The van der Waals surface area contributed by atoms with Gasteiger partial charge in [-0.3, -0.25) is 13.9 Å². The molecule has 0 spiro atoms. The minimum absolute atomic E-state index is 0.0132. The third-order valence-electron chi connectivity index (χ3n) is 6.06. The molecule has 3 aromatic rings.